The molecule has 0 aromatic heterocycles. The summed E-state index contributed by atoms with van der Waals surface area (Å²) in [5, 5.41) is 21.7. The molecule has 0 fully saturated rings. The molecule has 1 amide bonds. The van der Waals surface area contributed by atoms with Gasteiger partial charge in [0.1, 0.15) is 17.4 Å². The third kappa shape index (κ3) is 7.06. The van der Waals surface area contributed by atoms with Gasteiger partial charge in [-0.1, -0.05) is 39.0 Å². The first kappa shape index (κ1) is 20.7. The number of phenols is 1. The summed E-state index contributed by atoms with van der Waals surface area (Å²) in [6.07, 6.45) is 8.40. The quantitative estimate of drug-likeness (QED) is 0.300. The van der Waals surface area contributed by atoms with E-state index >= 15 is 0 Å². The topological polar surface area (TPSA) is 73.1 Å². The molecular weight excluding hydrogens is 436 g/mol. The molecule has 0 bridgehead atoms. The lowest BCUT2D eigenvalue weighted by Gasteiger charge is -2.06. The molecule has 0 spiro atoms. The normalized spacial score (nSPS) is 11.2. The second kappa shape index (κ2) is 11.3. The predicted octanol–water partition coefficient (Wildman–Crippen LogP) is 5.30. The number of nitrogens with zero attached hydrogens (tertiary/aromatic N) is 1. The Morgan fingerprint density at radius 3 is 2.38 bits per heavy atom. The molecule has 6 heteroatoms. The molecule has 1 aromatic carbocycles. The average molecular weight is 458 g/mol. The van der Waals surface area contributed by atoms with Gasteiger partial charge in [-0.3, -0.25) is 4.79 Å². The van der Waals surface area contributed by atoms with Crippen LogP contribution < -0.4 is 5.32 Å². The molecule has 0 unspecified atom stereocenters. The summed E-state index contributed by atoms with van der Waals surface area (Å²) < 4.78 is 0.987. The van der Waals surface area contributed by atoms with E-state index in [1.54, 1.807) is 12.1 Å². The number of halogens is 2. The van der Waals surface area contributed by atoms with Crippen LogP contribution in [-0.4, -0.2) is 17.6 Å². The first-order valence-electron chi connectivity index (χ1n) is 8.07. The molecule has 0 aliphatic rings. The molecule has 0 saturated heterocycles. The molecule has 24 heavy (non-hydrogen) atoms. The van der Waals surface area contributed by atoms with E-state index in [-0.39, 0.29) is 17.2 Å². The van der Waals surface area contributed by atoms with E-state index < -0.39 is 0 Å². The summed E-state index contributed by atoms with van der Waals surface area (Å²) in [5.41, 5.74) is 0.697. The standard InChI is InChI=1S/C18H22Br2N2O2/c1-2-3-4-5-6-7-8-22-18(24)14(12-21)9-13-10-15(19)17(23)16(20)11-13/h9-11,23H,2-8H2,1H3,(H,22,24)/b14-9-. The molecule has 0 saturated carbocycles. The van der Waals surface area contributed by atoms with Gasteiger partial charge in [-0.25, -0.2) is 0 Å². The van der Waals surface area contributed by atoms with E-state index in [0.29, 0.717) is 21.1 Å². The van der Waals surface area contributed by atoms with Crippen molar-refractivity contribution in [3.8, 4) is 11.8 Å². The van der Waals surface area contributed by atoms with Crippen LogP contribution in [0.15, 0.2) is 26.7 Å². The van der Waals surface area contributed by atoms with Crippen LogP contribution in [-0.2, 0) is 4.79 Å². The van der Waals surface area contributed by atoms with Crippen LogP contribution in [0.3, 0.4) is 0 Å². The lowest BCUT2D eigenvalue weighted by atomic mass is 10.1. The molecule has 130 valence electrons. The van der Waals surface area contributed by atoms with E-state index in [1.807, 2.05) is 6.07 Å². The maximum atomic E-state index is 12.1. The molecule has 1 rings (SSSR count). The van der Waals surface area contributed by atoms with E-state index in [1.165, 1.54) is 31.8 Å². The number of nitriles is 1. The predicted molar refractivity (Wildman–Crippen MR) is 103 cm³/mol. The van der Waals surface area contributed by atoms with Crippen LogP contribution in [0.5, 0.6) is 5.75 Å². The van der Waals surface area contributed by atoms with Crippen molar-refractivity contribution in [1.82, 2.24) is 5.32 Å². The summed E-state index contributed by atoms with van der Waals surface area (Å²) in [5.74, 6) is -0.287. The molecule has 2 N–H and O–H groups in total. The first-order valence-corrected chi connectivity index (χ1v) is 9.66. The van der Waals surface area contributed by atoms with E-state index in [0.717, 1.165) is 12.8 Å². The average Bonchev–Trinajstić information content (AvgIpc) is 2.56. The third-order valence-corrected chi connectivity index (χ3v) is 4.74. The Morgan fingerprint density at radius 2 is 1.79 bits per heavy atom. The summed E-state index contributed by atoms with van der Waals surface area (Å²) in [7, 11) is 0. The number of unbranched alkanes of at least 4 members (excludes halogenated alkanes) is 5. The number of hydrogen-bond donors (Lipinski definition) is 2. The van der Waals surface area contributed by atoms with Gasteiger partial charge in [0.25, 0.3) is 5.91 Å². The highest BCUT2D eigenvalue weighted by Gasteiger charge is 2.10. The largest absolute Gasteiger partial charge is 0.506 e. The Morgan fingerprint density at radius 1 is 1.21 bits per heavy atom. The Kier molecular flexibility index (Phi) is 9.73. The van der Waals surface area contributed by atoms with E-state index in [2.05, 4.69) is 44.1 Å². The highest BCUT2D eigenvalue weighted by molar-refractivity contribution is 9.11. The third-order valence-electron chi connectivity index (χ3n) is 3.53. The van der Waals surface area contributed by atoms with Crippen molar-refractivity contribution in [1.29, 1.82) is 5.26 Å². The van der Waals surface area contributed by atoms with Crippen molar-refractivity contribution in [2.24, 2.45) is 0 Å². The molecule has 0 atom stereocenters. The number of rotatable bonds is 9. The minimum atomic E-state index is -0.369. The van der Waals surface area contributed by atoms with Gasteiger partial charge in [0.05, 0.1) is 8.95 Å². The van der Waals surface area contributed by atoms with Crippen molar-refractivity contribution < 1.29 is 9.90 Å². The number of nitrogens with one attached hydrogen (secondary N) is 1. The van der Waals surface area contributed by atoms with Crippen LogP contribution in [0.25, 0.3) is 6.08 Å². The van der Waals surface area contributed by atoms with Crippen molar-refractivity contribution in [3.05, 3.63) is 32.2 Å². The lowest BCUT2D eigenvalue weighted by molar-refractivity contribution is -0.117. The Hall–Kier alpha value is -1.32. The van der Waals surface area contributed by atoms with Crippen molar-refractivity contribution >= 4 is 43.8 Å². The number of hydrogen-bond acceptors (Lipinski definition) is 3. The zero-order chi connectivity index (χ0) is 17.9. The van der Waals surface area contributed by atoms with Crippen LogP contribution >= 0.6 is 31.9 Å². The number of benzene rings is 1. The van der Waals surface area contributed by atoms with E-state index in [4.69, 9.17) is 0 Å². The minimum absolute atomic E-state index is 0.0467. The second-order valence-corrected chi connectivity index (χ2v) is 7.24. The fraction of sp³-hybridized carbons (Fsp3) is 0.444. The molecule has 0 aliphatic carbocycles. The van der Waals surface area contributed by atoms with Gasteiger partial charge < -0.3 is 10.4 Å². The monoisotopic (exact) mass is 456 g/mol. The fourth-order valence-electron chi connectivity index (χ4n) is 2.19. The van der Waals surface area contributed by atoms with Gasteiger partial charge in [-0.05, 0) is 62.1 Å². The summed E-state index contributed by atoms with van der Waals surface area (Å²) in [6.45, 7) is 2.76. The maximum absolute atomic E-state index is 12.1. The zero-order valence-corrected chi connectivity index (χ0v) is 16.9. The van der Waals surface area contributed by atoms with Crippen LogP contribution in [0.1, 0.15) is 51.0 Å². The lowest BCUT2D eigenvalue weighted by Crippen LogP contribution is -2.25. The molecule has 0 heterocycles. The summed E-state index contributed by atoms with van der Waals surface area (Å²) in [4.78, 5) is 12.1. The molecule has 0 aliphatic heterocycles. The second-order valence-electron chi connectivity index (χ2n) is 5.53. The van der Waals surface area contributed by atoms with Crippen LogP contribution in [0.2, 0.25) is 0 Å². The molecule has 0 radical (unpaired) electrons. The van der Waals surface area contributed by atoms with Crippen molar-refractivity contribution in [2.75, 3.05) is 6.54 Å². The fourth-order valence-corrected chi connectivity index (χ4v) is 3.41. The molecule has 1 aromatic rings. The molecule has 4 nitrogen and oxygen atoms in total. The molecular formula is C18H22Br2N2O2. The van der Waals surface area contributed by atoms with Gasteiger partial charge in [0, 0.05) is 6.54 Å². The zero-order valence-electron chi connectivity index (χ0n) is 13.7. The number of amides is 1. The highest BCUT2D eigenvalue weighted by Crippen LogP contribution is 2.33. The highest BCUT2D eigenvalue weighted by atomic mass is 79.9. The number of aromatic hydroxyl groups is 1. The smallest absolute Gasteiger partial charge is 0.261 e. The van der Waals surface area contributed by atoms with Gasteiger partial charge >= 0.3 is 0 Å². The van der Waals surface area contributed by atoms with E-state index in [9.17, 15) is 15.2 Å². The van der Waals surface area contributed by atoms with Gasteiger partial charge in [-0.2, -0.15) is 5.26 Å². The van der Waals surface area contributed by atoms with Crippen molar-refractivity contribution in [2.45, 2.75) is 45.4 Å². The summed E-state index contributed by atoms with van der Waals surface area (Å²) in [6, 6.07) is 5.23. The Bertz CT molecular complexity index is 613. The van der Waals surface area contributed by atoms with Crippen molar-refractivity contribution in [3.63, 3.8) is 0 Å². The number of carbonyl (C=O) groups excluding carboxylic acids is 1. The van der Waals surface area contributed by atoms with Crippen LogP contribution in [0.4, 0.5) is 0 Å². The van der Waals surface area contributed by atoms with Crippen LogP contribution in [0, 0.1) is 11.3 Å². The SMILES string of the molecule is CCCCCCCCNC(=O)/C(C#N)=C\c1cc(Br)c(O)c(Br)c1. The first-order chi connectivity index (χ1) is 11.5. The number of carbonyl (C=O) groups is 1. The minimum Gasteiger partial charge on any atom is -0.506 e. The Balaban J connectivity index is 2.56. The van der Waals surface area contributed by atoms with Gasteiger partial charge in [0.2, 0.25) is 0 Å². The van der Waals surface area contributed by atoms with Gasteiger partial charge in [-0.15, -0.1) is 0 Å². The summed E-state index contributed by atoms with van der Waals surface area (Å²) >= 11 is 6.46. The number of phenolic OH excluding ortho intramolecular Hbond substituents is 1. The maximum Gasteiger partial charge on any atom is 0.261 e. The van der Waals surface area contributed by atoms with Gasteiger partial charge in [0.15, 0.2) is 0 Å². The Labute approximate surface area is 160 Å².